The fourth-order valence-corrected chi connectivity index (χ4v) is 5.34. The minimum absolute atomic E-state index is 0.000616. The fourth-order valence-electron chi connectivity index (χ4n) is 5.22. The molecule has 35 heavy (non-hydrogen) atoms. The van der Waals surface area contributed by atoms with E-state index in [1.165, 1.54) is 0 Å². The van der Waals surface area contributed by atoms with E-state index in [0.29, 0.717) is 34.6 Å². The number of carbonyl (C=O) groups excluding carboxylic acids is 1. The molecule has 0 spiro atoms. The molecular formula is C30H27ClN2O2. The Morgan fingerprint density at radius 1 is 0.943 bits per heavy atom. The maximum absolute atomic E-state index is 13.8. The molecule has 1 aliphatic carbocycles. The highest BCUT2D eigenvalue weighted by atomic mass is 35.5. The average molecular weight is 483 g/mol. The number of hydrogen-bond donors (Lipinski definition) is 2. The average Bonchev–Trinajstić information content (AvgIpc) is 2.84. The van der Waals surface area contributed by atoms with Crippen molar-refractivity contribution >= 4 is 34.7 Å². The topological polar surface area (TPSA) is 64.4 Å². The van der Waals surface area contributed by atoms with Crippen LogP contribution >= 0.6 is 11.6 Å². The minimum Gasteiger partial charge on any atom is -0.507 e. The first kappa shape index (κ1) is 23.1. The summed E-state index contributed by atoms with van der Waals surface area (Å²) < 4.78 is 0. The fraction of sp³-hybridized carbons (Fsp3) is 0.200. The first-order valence-corrected chi connectivity index (χ1v) is 12.1. The van der Waals surface area contributed by atoms with Gasteiger partial charge in [0.05, 0.1) is 0 Å². The van der Waals surface area contributed by atoms with Crippen LogP contribution < -0.4 is 4.90 Å². The Morgan fingerprint density at radius 3 is 2.17 bits per heavy atom. The van der Waals surface area contributed by atoms with Crippen molar-refractivity contribution < 1.29 is 9.90 Å². The molecule has 1 heterocycles. The minimum atomic E-state index is -0.571. The molecule has 1 atom stereocenters. The third-order valence-corrected chi connectivity index (χ3v) is 6.99. The molecule has 5 rings (SSSR count). The first-order chi connectivity index (χ1) is 16.8. The van der Waals surface area contributed by atoms with Gasteiger partial charge in [-0.1, -0.05) is 86.1 Å². The van der Waals surface area contributed by atoms with Gasteiger partial charge in [0.2, 0.25) is 0 Å². The van der Waals surface area contributed by atoms with Crippen LogP contribution in [0.5, 0.6) is 0 Å². The number of ketones is 1. The molecule has 3 aromatic carbocycles. The summed E-state index contributed by atoms with van der Waals surface area (Å²) in [5, 5.41) is 21.6. The number of Topliss-reactive ketones (excluding diaryl/α,β-unsaturated/α-hetero) is 1. The van der Waals surface area contributed by atoms with E-state index < -0.39 is 5.92 Å². The molecule has 0 radical (unpaired) electrons. The van der Waals surface area contributed by atoms with Gasteiger partial charge in [-0.2, -0.15) is 0 Å². The van der Waals surface area contributed by atoms with Crippen molar-refractivity contribution in [3.8, 4) is 0 Å². The van der Waals surface area contributed by atoms with Gasteiger partial charge in [-0.15, -0.1) is 0 Å². The number of carbonyl (C=O) groups is 1. The van der Waals surface area contributed by atoms with Crippen LogP contribution in [-0.2, 0) is 4.79 Å². The summed E-state index contributed by atoms with van der Waals surface area (Å²) in [4.78, 5) is 15.6. The van der Waals surface area contributed by atoms with Gasteiger partial charge in [0, 0.05) is 45.5 Å². The molecule has 0 saturated carbocycles. The van der Waals surface area contributed by atoms with E-state index in [9.17, 15) is 15.3 Å². The number of hydrogen-bond acceptors (Lipinski definition) is 3. The number of rotatable bonds is 3. The largest absolute Gasteiger partial charge is 0.507 e. The van der Waals surface area contributed by atoms with Crippen LogP contribution in [0, 0.1) is 10.8 Å². The predicted octanol–water partition coefficient (Wildman–Crippen LogP) is 7.53. The summed E-state index contributed by atoms with van der Waals surface area (Å²) in [7, 11) is 0. The lowest BCUT2D eigenvalue weighted by atomic mass is 9.67. The van der Waals surface area contributed by atoms with Gasteiger partial charge in [0.25, 0.3) is 0 Å². The zero-order chi connectivity index (χ0) is 24.7. The van der Waals surface area contributed by atoms with E-state index in [1.807, 2.05) is 77.7 Å². The van der Waals surface area contributed by atoms with Crippen LogP contribution in [-0.4, -0.2) is 16.7 Å². The molecule has 0 bridgehead atoms. The Labute approximate surface area is 210 Å². The molecule has 0 fully saturated rings. The highest BCUT2D eigenvalue weighted by Crippen LogP contribution is 2.51. The molecule has 0 amide bonds. The van der Waals surface area contributed by atoms with Crippen molar-refractivity contribution in [1.82, 2.24) is 0 Å². The molecule has 0 aromatic heterocycles. The zero-order valence-electron chi connectivity index (χ0n) is 19.8. The van der Waals surface area contributed by atoms with Gasteiger partial charge in [0.1, 0.15) is 11.6 Å². The summed E-state index contributed by atoms with van der Waals surface area (Å²) in [6, 6.07) is 26.2. The van der Waals surface area contributed by atoms with Crippen LogP contribution in [0.15, 0.2) is 102 Å². The van der Waals surface area contributed by atoms with Crippen molar-refractivity contribution in [1.29, 1.82) is 5.41 Å². The number of nitrogens with one attached hydrogen (secondary N) is 1. The Morgan fingerprint density at radius 2 is 1.54 bits per heavy atom. The van der Waals surface area contributed by atoms with Gasteiger partial charge in [-0.3, -0.25) is 15.1 Å². The second-order valence-electron chi connectivity index (χ2n) is 9.93. The lowest BCUT2D eigenvalue weighted by molar-refractivity contribution is -0.118. The van der Waals surface area contributed by atoms with Crippen LogP contribution in [0.2, 0.25) is 5.02 Å². The number of anilines is 1. The normalized spacial score (nSPS) is 21.1. The van der Waals surface area contributed by atoms with Gasteiger partial charge in [-0.05, 0) is 41.7 Å². The maximum atomic E-state index is 13.8. The monoisotopic (exact) mass is 482 g/mol. The third kappa shape index (κ3) is 4.19. The smallest absolute Gasteiger partial charge is 0.162 e. The molecular weight excluding hydrogens is 456 g/mol. The van der Waals surface area contributed by atoms with Crippen molar-refractivity contribution in [2.75, 3.05) is 4.90 Å². The van der Waals surface area contributed by atoms with Gasteiger partial charge in [-0.25, -0.2) is 0 Å². The molecule has 1 aliphatic heterocycles. The number of nitrogens with zero attached hydrogens (tertiary/aromatic N) is 1. The van der Waals surface area contributed by atoms with E-state index in [-0.39, 0.29) is 22.8 Å². The van der Waals surface area contributed by atoms with Crippen LogP contribution in [0.25, 0.3) is 5.76 Å². The van der Waals surface area contributed by atoms with Gasteiger partial charge >= 0.3 is 0 Å². The van der Waals surface area contributed by atoms with E-state index in [1.54, 1.807) is 12.1 Å². The zero-order valence-corrected chi connectivity index (χ0v) is 20.5. The van der Waals surface area contributed by atoms with Crippen LogP contribution in [0.3, 0.4) is 0 Å². The van der Waals surface area contributed by atoms with Crippen LogP contribution in [0.4, 0.5) is 5.69 Å². The Bertz CT molecular complexity index is 1360. The highest BCUT2D eigenvalue weighted by molar-refractivity contribution is 6.30. The van der Waals surface area contributed by atoms with E-state index in [4.69, 9.17) is 11.6 Å². The summed E-state index contributed by atoms with van der Waals surface area (Å²) in [6.45, 7) is 4.18. The molecule has 0 saturated heterocycles. The lowest BCUT2D eigenvalue weighted by Gasteiger charge is -2.45. The standard InChI is InChI=1S/C30H27ClN2O2/c1-30(2)17-23-26(24(34)18-30)25(19-13-15-21(31)16-14-19)27(28(35)20-9-5-3-6-10-20)29(32)33(23)22-11-7-4-8-12-22/h3-16,25,32,35H,17-18H2,1-2H3/b28-27+,32-29?/t25-/m1/s1. The van der Waals surface area contributed by atoms with Crippen molar-refractivity contribution in [2.45, 2.75) is 32.6 Å². The Hall–Kier alpha value is -3.63. The van der Waals surface area contributed by atoms with Crippen molar-refractivity contribution in [3.63, 3.8) is 0 Å². The molecule has 5 heteroatoms. The summed E-state index contributed by atoms with van der Waals surface area (Å²) in [5.74, 6) is -0.357. The van der Waals surface area contributed by atoms with E-state index >= 15 is 0 Å². The van der Waals surface area contributed by atoms with Crippen LogP contribution in [0.1, 0.15) is 43.7 Å². The molecule has 0 unspecified atom stereocenters. The first-order valence-electron chi connectivity index (χ1n) is 11.7. The lowest BCUT2D eigenvalue weighted by Crippen LogP contribution is -2.45. The molecule has 176 valence electrons. The second-order valence-corrected chi connectivity index (χ2v) is 10.4. The summed E-state index contributed by atoms with van der Waals surface area (Å²) >= 11 is 6.19. The number of benzene rings is 3. The summed E-state index contributed by atoms with van der Waals surface area (Å²) in [6.07, 6.45) is 1.06. The number of allylic oxidation sites excluding steroid dienone is 2. The SMILES string of the molecule is CC1(C)CC(=O)C2=C(C1)N(c1ccccc1)C(=N)/C(=C(/O)c1ccccc1)[C@@H]2c1ccc(Cl)cc1. The third-order valence-electron chi connectivity index (χ3n) is 6.74. The molecule has 2 aliphatic rings. The number of amidine groups is 1. The Balaban J connectivity index is 1.85. The number of aliphatic hydroxyl groups is 1. The van der Waals surface area contributed by atoms with E-state index in [0.717, 1.165) is 16.9 Å². The number of para-hydroxylation sites is 1. The van der Waals surface area contributed by atoms with Crippen molar-refractivity contribution in [2.24, 2.45) is 5.41 Å². The summed E-state index contributed by atoms with van der Waals surface area (Å²) in [5.41, 5.74) is 3.86. The highest BCUT2D eigenvalue weighted by Gasteiger charge is 2.46. The second kappa shape index (κ2) is 8.86. The maximum Gasteiger partial charge on any atom is 0.162 e. The van der Waals surface area contributed by atoms with Gasteiger partial charge in [0.15, 0.2) is 5.78 Å². The molecule has 2 N–H and O–H groups in total. The molecule has 3 aromatic rings. The van der Waals surface area contributed by atoms with E-state index in [2.05, 4.69) is 13.8 Å². The Kier molecular flexibility index (Phi) is 5.86. The number of aliphatic hydroxyl groups excluding tert-OH is 1. The quantitative estimate of drug-likeness (QED) is 0.379. The van der Waals surface area contributed by atoms with Crippen molar-refractivity contribution in [3.05, 3.63) is 118 Å². The number of halogens is 1. The van der Waals surface area contributed by atoms with Gasteiger partial charge < -0.3 is 5.11 Å². The predicted molar refractivity (Wildman–Crippen MR) is 142 cm³/mol. The molecule has 4 nitrogen and oxygen atoms in total.